The Bertz CT molecular complexity index is 165. The van der Waals surface area contributed by atoms with Gasteiger partial charge in [0.05, 0.1) is 18.8 Å². The van der Waals surface area contributed by atoms with Crippen LogP contribution in [0.4, 0.5) is 0 Å². The highest BCUT2D eigenvalue weighted by Crippen LogP contribution is 1.96. The molecule has 0 aromatic rings. The fourth-order valence-electron chi connectivity index (χ4n) is 0.604. The lowest BCUT2D eigenvalue weighted by Crippen LogP contribution is -2.13. The minimum atomic E-state index is -0.405. The molecule has 0 saturated carbocycles. The first-order chi connectivity index (χ1) is 6.22. The molecule has 0 bridgehead atoms. The summed E-state index contributed by atoms with van der Waals surface area (Å²) in [6.45, 7) is 6.17. The lowest BCUT2D eigenvalue weighted by molar-refractivity contribution is -0.140. The molecule has 0 unspecified atom stereocenters. The van der Waals surface area contributed by atoms with Crippen molar-refractivity contribution in [2.75, 3.05) is 27.1 Å². The Labute approximate surface area is 78.5 Å². The van der Waals surface area contributed by atoms with E-state index < -0.39 is 5.97 Å². The fraction of sp³-hybridized carbons (Fsp3) is 0.667. The van der Waals surface area contributed by atoms with Crippen LogP contribution in [0.3, 0.4) is 0 Å². The van der Waals surface area contributed by atoms with Gasteiger partial charge < -0.3 is 14.2 Å². The highest BCUT2D eigenvalue weighted by Gasteiger charge is 2.07. The maximum Gasteiger partial charge on any atom is 0.335 e. The molecule has 0 spiro atoms. The van der Waals surface area contributed by atoms with Crippen LogP contribution in [0.5, 0.6) is 0 Å². The third-order valence-corrected chi connectivity index (χ3v) is 1.20. The molecule has 13 heavy (non-hydrogen) atoms. The molecule has 0 aromatic heterocycles. The number of ether oxygens (including phenoxy) is 3. The van der Waals surface area contributed by atoms with Gasteiger partial charge in [0.2, 0.25) is 0 Å². The summed E-state index contributed by atoms with van der Waals surface area (Å²) in [5.74, 6) is -0.405. The highest BCUT2D eigenvalue weighted by molar-refractivity contribution is 5.87. The van der Waals surface area contributed by atoms with Crippen LogP contribution in [0.1, 0.15) is 13.3 Å². The zero-order chi connectivity index (χ0) is 10.1. The van der Waals surface area contributed by atoms with E-state index in [1.54, 1.807) is 0 Å². The summed E-state index contributed by atoms with van der Waals surface area (Å²) in [5, 5.41) is 0. The summed E-state index contributed by atoms with van der Waals surface area (Å²) in [6.07, 6.45) is 0.804. The Hall–Kier alpha value is -0.870. The molecule has 4 heteroatoms. The van der Waals surface area contributed by atoms with Gasteiger partial charge in [-0.3, -0.25) is 0 Å². The van der Waals surface area contributed by atoms with Crippen molar-refractivity contribution in [3.63, 3.8) is 0 Å². The van der Waals surface area contributed by atoms with Crippen LogP contribution < -0.4 is 0 Å². The van der Waals surface area contributed by atoms with Crippen molar-refractivity contribution in [1.29, 1.82) is 0 Å². The summed E-state index contributed by atoms with van der Waals surface area (Å²) >= 11 is 0. The minimum absolute atomic E-state index is 0.149. The van der Waals surface area contributed by atoms with E-state index in [-0.39, 0.29) is 13.4 Å². The Morgan fingerprint density at radius 3 is 2.69 bits per heavy atom. The van der Waals surface area contributed by atoms with E-state index in [0.717, 1.165) is 6.42 Å². The van der Waals surface area contributed by atoms with Crippen LogP contribution >= 0.6 is 0 Å². The van der Waals surface area contributed by atoms with Crippen LogP contribution in [-0.2, 0) is 19.0 Å². The van der Waals surface area contributed by atoms with Gasteiger partial charge in [-0.15, -0.1) is 0 Å². The monoisotopic (exact) mass is 188 g/mol. The second kappa shape index (κ2) is 7.76. The summed E-state index contributed by atoms with van der Waals surface area (Å²) in [6, 6.07) is 0. The molecule has 76 valence electrons. The third kappa shape index (κ3) is 6.31. The maximum absolute atomic E-state index is 11.1. The Balaban J connectivity index is 3.51. The number of hydrogen-bond donors (Lipinski definition) is 0. The van der Waals surface area contributed by atoms with Gasteiger partial charge in [-0.2, -0.15) is 0 Å². The molecule has 0 fully saturated rings. The number of esters is 1. The van der Waals surface area contributed by atoms with Gasteiger partial charge in [-0.1, -0.05) is 13.5 Å². The average Bonchev–Trinajstić information content (AvgIpc) is 2.14. The van der Waals surface area contributed by atoms with Crippen molar-refractivity contribution in [3.8, 4) is 0 Å². The quantitative estimate of drug-likeness (QED) is 0.260. The van der Waals surface area contributed by atoms with Crippen molar-refractivity contribution in [3.05, 3.63) is 12.2 Å². The van der Waals surface area contributed by atoms with Crippen LogP contribution in [0, 0.1) is 0 Å². The van der Waals surface area contributed by atoms with E-state index in [2.05, 4.69) is 11.3 Å². The van der Waals surface area contributed by atoms with E-state index in [9.17, 15) is 4.79 Å². The second-order valence-electron chi connectivity index (χ2n) is 2.49. The number of hydrogen-bond acceptors (Lipinski definition) is 4. The van der Waals surface area contributed by atoms with Gasteiger partial charge >= 0.3 is 5.97 Å². The normalized spacial score (nSPS) is 9.69. The standard InChI is InChI=1S/C9H16O4/c1-4-5-13-9(10)8(2)6-12-7-11-3/h2,4-7H2,1,3H3. The minimum Gasteiger partial charge on any atom is -0.462 e. The smallest absolute Gasteiger partial charge is 0.335 e. The average molecular weight is 188 g/mol. The number of methoxy groups -OCH3 is 1. The maximum atomic E-state index is 11.1. The number of rotatable bonds is 7. The summed E-state index contributed by atoms with van der Waals surface area (Å²) in [7, 11) is 1.51. The van der Waals surface area contributed by atoms with E-state index in [0.29, 0.717) is 12.2 Å². The van der Waals surface area contributed by atoms with Crippen LogP contribution in [0.15, 0.2) is 12.2 Å². The van der Waals surface area contributed by atoms with Crippen molar-refractivity contribution in [2.24, 2.45) is 0 Å². The number of carbonyl (C=O) groups excluding carboxylic acids is 1. The van der Waals surface area contributed by atoms with Gasteiger partial charge in [0.1, 0.15) is 6.79 Å². The number of carbonyl (C=O) groups is 1. The topological polar surface area (TPSA) is 44.8 Å². The van der Waals surface area contributed by atoms with Crippen LogP contribution in [0.25, 0.3) is 0 Å². The molecule has 0 rings (SSSR count). The van der Waals surface area contributed by atoms with E-state index in [1.807, 2.05) is 6.92 Å². The van der Waals surface area contributed by atoms with Crippen molar-refractivity contribution in [2.45, 2.75) is 13.3 Å². The van der Waals surface area contributed by atoms with E-state index in [4.69, 9.17) is 9.47 Å². The van der Waals surface area contributed by atoms with Crippen LogP contribution in [0.2, 0.25) is 0 Å². The van der Waals surface area contributed by atoms with Gasteiger partial charge in [0.15, 0.2) is 0 Å². The fourth-order valence-corrected chi connectivity index (χ4v) is 0.604. The van der Waals surface area contributed by atoms with Gasteiger partial charge in [-0.05, 0) is 6.42 Å². The van der Waals surface area contributed by atoms with E-state index >= 15 is 0 Å². The molecule has 0 atom stereocenters. The molecule has 0 heterocycles. The first-order valence-electron chi connectivity index (χ1n) is 4.14. The molecule has 0 amide bonds. The largest absolute Gasteiger partial charge is 0.462 e. The Morgan fingerprint density at radius 2 is 2.15 bits per heavy atom. The Morgan fingerprint density at radius 1 is 1.46 bits per heavy atom. The Kier molecular flexibility index (Phi) is 7.24. The molecule has 4 nitrogen and oxygen atoms in total. The lowest BCUT2D eigenvalue weighted by atomic mass is 10.3. The summed E-state index contributed by atoms with van der Waals surface area (Å²) in [5.41, 5.74) is 0.311. The van der Waals surface area contributed by atoms with Gasteiger partial charge in [0, 0.05) is 7.11 Å². The summed E-state index contributed by atoms with van der Waals surface area (Å²) < 4.78 is 14.4. The predicted octanol–water partition coefficient (Wildman–Crippen LogP) is 1.12. The molecule has 0 aliphatic rings. The molecular weight excluding hydrogens is 172 g/mol. The molecule has 0 aliphatic carbocycles. The second-order valence-corrected chi connectivity index (χ2v) is 2.49. The van der Waals surface area contributed by atoms with E-state index in [1.165, 1.54) is 7.11 Å². The van der Waals surface area contributed by atoms with Crippen molar-refractivity contribution < 1.29 is 19.0 Å². The SMILES string of the molecule is C=C(COCOC)C(=O)OCCC. The molecule has 0 radical (unpaired) electrons. The first-order valence-corrected chi connectivity index (χ1v) is 4.14. The molecule has 0 N–H and O–H groups in total. The molecular formula is C9H16O4. The molecule has 0 saturated heterocycles. The zero-order valence-corrected chi connectivity index (χ0v) is 8.17. The summed E-state index contributed by atoms with van der Waals surface area (Å²) in [4.78, 5) is 11.1. The first kappa shape index (κ1) is 12.1. The lowest BCUT2D eigenvalue weighted by Gasteiger charge is -2.06. The highest BCUT2D eigenvalue weighted by atomic mass is 16.7. The molecule has 0 aliphatic heterocycles. The molecule has 0 aromatic carbocycles. The third-order valence-electron chi connectivity index (χ3n) is 1.20. The van der Waals surface area contributed by atoms with Crippen molar-refractivity contribution in [1.82, 2.24) is 0 Å². The van der Waals surface area contributed by atoms with Crippen LogP contribution in [-0.4, -0.2) is 33.1 Å². The zero-order valence-electron chi connectivity index (χ0n) is 8.17. The van der Waals surface area contributed by atoms with Gasteiger partial charge in [0.25, 0.3) is 0 Å². The van der Waals surface area contributed by atoms with Crippen molar-refractivity contribution >= 4 is 5.97 Å². The predicted molar refractivity (Wildman–Crippen MR) is 48.2 cm³/mol. The van der Waals surface area contributed by atoms with Gasteiger partial charge in [-0.25, -0.2) is 4.79 Å².